The van der Waals surface area contributed by atoms with Crippen LogP contribution in [0.25, 0.3) is 16.4 Å². The van der Waals surface area contributed by atoms with E-state index in [1.54, 1.807) is 10.9 Å². The van der Waals surface area contributed by atoms with Gasteiger partial charge in [-0.15, -0.1) is 0 Å². The summed E-state index contributed by atoms with van der Waals surface area (Å²) < 4.78 is 9.00. The quantitative estimate of drug-likeness (QED) is 0.523. The van der Waals surface area contributed by atoms with Crippen molar-refractivity contribution >= 4 is 16.4 Å². The van der Waals surface area contributed by atoms with Crippen LogP contribution in [0.4, 0.5) is 0 Å². The van der Waals surface area contributed by atoms with E-state index >= 15 is 0 Å². The number of fused-ring (bicyclic) bond motifs is 2. The van der Waals surface area contributed by atoms with E-state index in [-0.39, 0.29) is 5.56 Å². The fourth-order valence-corrected chi connectivity index (χ4v) is 3.92. The molecule has 4 aromatic rings. The van der Waals surface area contributed by atoms with Crippen LogP contribution in [0.15, 0.2) is 59.8 Å². The summed E-state index contributed by atoms with van der Waals surface area (Å²) in [6.07, 6.45) is 6.43. The second kappa shape index (κ2) is 7.77. The summed E-state index contributed by atoms with van der Waals surface area (Å²) in [6, 6.07) is 11.9. The molecule has 4 heterocycles. The summed E-state index contributed by atoms with van der Waals surface area (Å²) in [6.45, 7) is 4.54. The Morgan fingerprint density at radius 3 is 2.83 bits per heavy atom. The minimum atomic E-state index is -0.0323. The molecule has 3 aromatic heterocycles. The lowest BCUT2D eigenvalue weighted by molar-refractivity contribution is 0.0343. The average molecular weight is 389 g/mol. The van der Waals surface area contributed by atoms with Crippen LogP contribution in [0.5, 0.6) is 0 Å². The van der Waals surface area contributed by atoms with Crippen molar-refractivity contribution < 1.29 is 4.74 Å². The number of nitrogens with zero attached hydrogens (tertiary/aromatic N) is 5. The van der Waals surface area contributed by atoms with Crippen molar-refractivity contribution in [2.24, 2.45) is 0 Å². The molecule has 0 atom stereocenters. The highest BCUT2D eigenvalue weighted by Gasteiger charge is 2.15. The Bertz CT molecular complexity index is 1170. The smallest absolute Gasteiger partial charge is 0.274 e. The molecule has 7 nitrogen and oxygen atoms in total. The molecule has 0 amide bonds. The monoisotopic (exact) mass is 389 g/mol. The molecular weight excluding hydrogens is 366 g/mol. The lowest BCUT2D eigenvalue weighted by Crippen LogP contribution is -2.36. The van der Waals surface area contributed by atoms with E-state index in [0.29, 0.717) is 13.0 Å². The third kappa shape index (κ3) is 3.66. The Hall–Kier alpha value is -3.03. The summed E-state index contributed by atoms with van der Waals surface area (Å²) in [5, 5.41) is 6.06. The van der Waals surface area contributed by atoms with Crippen molar-refractivity contribution in [3.05, 3.63) is 76.6 Å². The summed E-state index contributed by atoms with van der Waals surface area (Å²) in [4.78, 5) is 20.2. The molecule has 1 aromatic carbocycles. The molecule has 0 spiro atoms. The maximum Gasteiger partial charge on any atom is 0.274 e. The van der Waals surface area contributed by atoms with Crippen LogP contribution in [0.1, 0.15) is 11.3 Å². The van der Waals surface area contributed by atoms with E-state index in [4.69, 9.17) is 4.74 Å². The molecule has 5 rings (SSSR count). The van der Waals surface area contributed by atoms with Gasteiger partial charge in [-0.2, -0.15) is 5.10 Å². The van der Waals surface area contributed by atoms with E-state index in [2.05, 4.69) is 15.0 Å². The predicted octanol–water partition coefficient (Wildman–Crippen LogP) is 2.12. The van der Waals surface area contributed by atoms with Crippen molar-refractivity contribution in [3.8, 4) is 0 Å². The number of morpholine rings is 1. The van der Waals surface area contributed by atoms with Gasteiger partial charge in [-0.1, -0.05) is 24.3 Å². The lowest BCUT2D eigenvalue weighted by atomic mass is 10.1. The van der Waals surface area contributed by atoms with Crippen LogP contribution in [-0.4, -0.2) is 50.4 Å². The van der Waals surface area contributed by atoms with Crippen molar-refractivity contribution in [2.75, 3.05) is 26.3 Å². The lowest BCUT2D eigenvalue weighted by Gasteiger charge is -2.26. The van der Waals surface area contributed by atoms with Gasteiger partial charge in [-0.25, -0.2) is 9.67 Å². The van der Waals surface area contributed by atoms with Crippen molar-refractivity contribution in [3.63, 3.8) is 0 Å². The fraction of sp³-hybridized carbons (Fsp3) is 0.318. The summed E-state index contributed by atoms with van der Waals surface area (Å²) >= 11 is 0. The van der Waals surface area contributed by atoms with E-state index in [0.717, 1.165) is 60.5 Å². The highest BCUT2D eigenvalue weighted by molar-refractivity contribution is 5.84. The van der Waals surface area contributed by atoms with E-state index in [9.17, 15) is 4.79 Å². The minimum absolute atomic E-state index is 0.0323. The number of hydrogen-bond acceptors (Lipinski definition) is 5. The number of aromatic nitrogens is 4. The summed E-state index contributed by atoms with van der Waals surface area (Å²) in [5.74, 6) is 0. The molecule has 7 heteroatoms. The van der Waals surface area contributed by atoms with Gasteiger partial charge in [0.25, 0.3) is 5.56 Å². The first-order chi connectivity index (χ1) is 14.3. The number of hydrogen-bond donors (Lipinski definition) is 0. The van der Waals surface area contributed by atoms with Crippen LogP contribution >= 0.6 is 0 Å². The Morgan fingerprint density at radius 2 is 1.97 bits per heavy atom. The third-order valence-electron chi connectivity index (χ3n) is 5.46. The predicted molar refractivity (Wildman–Crippen MR) is 111 cm³/mol. The molecule has 1 aliphatic rings. The van der Waals surface area contributed by atoms with Gasteiger partial charge in [0.1, 0.15) is 5.65 Å². The van der Waals surface area contributed by atoms with Crippen molar-refractivity contribution in [1.29, 1.82) is 0 Å². The summed E-state index contributed by atoms with van der Waals surface area (Å²) in [5.41, 5.74) is 2.88. The topological polar surface area (TPSA) is 64.7 Å². The van der Waals surface area contributed by atoms with Gasteiger partial charge in [-0.05, 0) is 17.7 Å². The standard InChI is InChI=1S/C22H23N5O2/c28-22-21-17(4-3-5-18(21)15-25-10-12-29-13-11-25)14-23-27(22)9-7-19-16-26-8-2-1-6-20(26)24-19/h1-6,8,14,16H,7,9-13,15H2. The SMILES string of the molecule is O=c1c2c(CN3CCOCC3)cccc2cnn1CCc1cn2ccccc2n1. The molecule has 0 aliphatic carbocycles. The number of rotatable bonds is 5. The number of imidazole rings is 1. The van der Waals surface area contributed by atoms with E-state index < -0.39 is 0 Å². The molecule has 0 N–H and O–H groups in total. The van der Waals surface area contributed by atoms with Gasteiger partial charge in [-0.3, -0.25) is 9.69 Å². The van der Waals surface area contributed by atoms with Crippen molar-refractivity contribution in [2.45, 2.75) is 19.5 Å². The van der Waals surface area contributed by atoms with Gasteiger partial charge in [0, 0.05) is 43.8 Å². The number of pyridine rings is 1. The number of aryl methyl sites for hydroxylation is 2. The maximum atomic E-state index is 13.2. The molecule has 0 radical (unpaired) electrons. The Kier molecular flexibility index (Phi) is 4.83. The first kappa shape index (κ1) is 18.0. The Morgan fingerprint density at radius 1 is 1.07 bits per heavy atom. The molecule has 0 saturated carbocycles. The second-order valence-corrected chi connectivity index (χ2v) is 7.39. The van der Waals surface area contributed by atoms with Gasteiger partial charge in [0.15, 0.2) is 0 Å². The van der Waals surface area contributed by atoms with Crippen LogP contribution in [0, 0.1) is 0 Å². The van der Waals surface area contributed by atoms with E-state index in [1.165, 1.54) is 0 Å². The van der Waals surface area contributed by atoms with Crippen LogP contribution in [-0.2, 0) is 24.2 Å². The van der Waals surface area contributed by atoms with Gasteiger partial charge < -0.3 is 9.14 Å². The molecule has 1 saturated heterocycles. The van der Waals surface area contributed by atoms with Crippen LogP contribution in [0.2, 0.25) is 0 Å². The van der Waals surface area contributed by atoms with Gasteiger partial charge in [0.2, 0.25) is 0 Å². The second-order valence-electron chi connectivity index (χ2n) is 7.39. The zero-order valence-electron chi connectivity index (χ0n) is 16.2. The molecule has 0 unspecified atom stereocenters. The minimum Gasteiger partial charge on any atom is -0.379 e. The maximum absolute atomic E-state index is 13.2. The van der Waals surface area contributed by atoms with Crippen LogP contribution < -0.4 is 5.56 Å². The first-order valence-electron chi connectivity index (χ1n) is 9.98. The van der Waals surface area contributed by atoms with E-state index in [1.807, 2.05) is 53.2 Å². The largest absolute Gasteiger partial charge is 0.379 e. The third-order valence-corrected chi connectivity index (χ3v) is 5.46. The fourth-order valence-electron chi connectivity index (χ4n) is 3.92. The van der Waals surface area contributed by atoms with Crippen molar-refractivity contribution in [1.82, 2.24) is 24.1 Å². The van der Waals surface area contributed by atoms with Crippen LogP contribution in [0.3, 0.4) is 0 Å². The van der Waals surface area contributed by atoms with Gasteiger partial charge >= 0.3 is 0 Å². The molecule has 1 fully saturated rings. The zero-order valence-corrected chi connectivity index (χ0v) is 16.2. The normalized spacial score (nSPS) is 15.3. The number of benzene rings is 1. The molecule has 0 bridgehead atoms. The zero-order chi connectivity index (χ0) is 19.6. The summed E-state index contributed by atoms with van der Waals surface area (Å²) in [7, 11) is 0. The Labute approximate surface area is 168 Å². The first-order valence-corrected chi connectivity index (χ1v) is 9.98. The van der Waals surface area contributed by atoms with Gasteiger partial charge in [0.05, 0.1) is 37.0 Å². The highest BCUT2D eigenvalue weighted by atomic mass is 16.5. The molecule has 1 aliphatic heterocycles. The molecular formula is C22H23N5O2. The molecule has 29 heavy (non-hydrogen) atoms. The Balaban J connectivity index is 1.42. The average Bonchev–Trinajstić information content (AvgIpc) is 3.17. The highest BCUT2D eigenvalue weighted by Crippen LogP contribution is 2.17. The number of ether oxygens (including phenoxy) is 1. The molecule has 148 valence electrons.